The van der Waals surface area contributed by atoms with Gasteiger partial charge in [-0.2, -0.15) is 0 Å². The van der Waals surface area contributed by atoms with Gasteiger partial charge in [-0.05, 0) is 39.8 Å². The van der Waals surface area contributed by atoms with Crippen molar-refractivity contribution < 1.29 is 9.53 Å². The maximum absolute atomic E-state index is 12.2. The standard InChI is InChI=1S/C22H36N6O2.HI/c1-4-23-22(28-11-7-9-19(17-28)21(29)30-5-2)25-16-18-8-6-10-24-20(18)27-14-12-26(3)13-15-27;/h6,8,10,19H,4-5,7,9,11-17H2,1-3H3,(H,23,25);1H. The van der Waals surface area contributed by atoms with Crippen molar-refractivity contribution in [3.63, 3.8) is 0 Å². The molecule has 2 saturated heterocycles. The number of ether oxygens (including phenoxy) is 1. The molecule has 1 aromatic rings. The Balaban J connectivity index is 0.00000341. The molecule has 2 aliphatic heterocycles. The molecule has 174 valence electrons. The van der Waals surface area contributed by atoms with Crippen molar-refractivity contribution >= 4 is 41.7 Å². The van der Waals surface area contributed by atoms with E-state index in [1.165, 1.54) is 0 Å². The molecular formula is C22H37IN6O2. The van der Waals surface area contributed by atoms with Crippen LogP contribution in [0.2, 0.25) is 0 Å². The first-order chi connectivity index (χ1) is 14.6. The summed E-state index contributed by atoms with van der Waals surface area (Å²) in [4.78, 5) is 28.7. The molecule has 0 spiro atoms. The summed E-state index contributed by atoms with van der Waals surface area (Å²) in [7, 11) is 2.16. The number of piperazine rings is 1. The van der Waals surface area contributed by atoms with E-state index in [-0.39, 0.29) is 35.9 Å². The molecule has 2 aliphatic rings. The first-order valence-electron chi connectivity index (χ1n) is 11.2. The van der Waals surface area contributed by atoms with Crippen LogP contribution in [0.4, 0.5) is 5.82 Å². The van der Waals surface area contributed by atoms with E-state index in [2.05, 4.69) is 45.0 Å². The van der Waals surface area contributed by atoms with Gasteiger partial charge in [0.2, 0.25) is 0 Å². The van der Waals surface area contributed by atoms with Crippen molar-refractivity contribution in [3.8, 4) is 0 Å². The number of anilines is 1. The van der Waals surface area contributed by atoms with Crippen LogP contribution >= 0.6 is 24.0 Å². The van der Waals surface area contributed by atoms with Gasteiger partial charge in [-0.1, -0.05) is 6.07 Å². The number of nitrogens with one attached hydrogen (secondary N) is 1. The lowest BCUT2D eigenvalue weighted by Gasteiger charge is -2.35. The van der Waals surface area contributed by atoms with E-state index in [9.17, 15) is 4.79 Å². The monoisotopic (exact) mass is 544 g/mol. The summed E-state index contributed by atoms with van der Waals surface area (Å²) in [6, 6.07) is 4.10. The van der Waals surface area contributed by atoms with Gasteiger partial charge >= 0.3 is 5.97 Å². The van der Waals surface area contributed by atoms with Gasteiger partial charge in [0.15, 0.2) is 5.96 Å². The Morgan fingerprint density at radius 2 is 2.03 bits per heavy atom. The second-order valence-corrected chi connectivity index (χ2v) is 7.98. The maximum atomic E-state index is 12.2. The number of rotatable bonds is 6. The number of hydrogen-bond donors (Lipinski definition) is 1. The number of esters is 1. The number of pyridine rings is 1. The fraction of sp³-hybridized carbons (Fsp3) is 0.682. The van der Waals surface area contributed by atoms with Gasteiger partial charge in [0.1, 0.15) is 5.82 Å². The van der Waals surface area contributed by atoms with Crippen molar-refractivity contribution in [2.45, 2.75) is 33.2 Å². The number of guanidine groups is 1. The minimum Gasteiger partial charge on any atom is -0.466 e. The lowest BCUT2D eigenvalue weighted by atomic mass is 9.98. The molecule has 0 aliphatic carbocycles. The average Bonchev–Trinajstić information content (AvgIpc) is 2.78. The van der Waals surface area contributed by atoms with Crippen molar-refractivity contribution in [1.29, 1.82) is 0 Å². The highest BCUT2D eigenvalue weighted by Crippen LogP contribution is 2.21. The predicted octanol–water partition coefficient (Wildman–Crippen LogP) is 2.19. The summed E-state index contributed by atoms with van der Waals surface area (Å²) in [5.41, 5.74) is 1.14. The zero-order valence-corrected chi connectivity index (χ0v) is 21.4. The second-order valence-electron chi connectivity index (χ2n) is 7.98. The lowest BCUT2D eigenvalue weighted by Crippen LogP contribution is -2.48. The Morgan fingerprint density at radius 3 is 2.74 bits per heavy atom. The number of carbonyl (C=O) groups is 1. The third kappa shape index (κ3) is 7.20. The number of carbonyl (C=O) groups excluding carboxylic acids is 1. The number of hydrogen-bond acceptors (Lipinski definition) is 6. The van der Waals surface area contributed by atoms with Gasteiger partial charge < -0.3 is 24.8 Å². The fourth-order valence-corrected chi connectivity index (χ4v) is 4.06. The molecule has 1 aromatic heterocycles. The molecule has 1 unspecified atom stereocenters. The van der Waals surface area contributed by atoms with Gasteiger partial charge in [-0.25, -0.2) is 9.98 Å². The third-order valence-electron chi connectivity index (χ3n) is 5.75. The average molecular weight is 544 g/mol. The quantitative estimate of drug-likeness (QED) is 0.255. The fourth-order valence-electron chi connectivity index (χ4n) is 4.06. The van der Waals surface area contributed by atoms with Crippen LogP contribution < -0.4 is 10.2 Å². The number of aromatic nitrogens is 1. The van der Waals surface area contributed by atoms with Gasteiger partial charge in [-0.15, -0.1) is 24.0 Å². The Bertz CT molecular complexity index is 724. The molecule has 1 N–H and O–H groups in total. The summed E-state index contributed by atoms with van der Waals surface area (Å²) < 4.78 is 5.25. The SMILES string of the molecule is CCNC(=NCc1cccnc1N1CCN(C)CC1)N1CCCC(C(=O)OCC)C1.I. The molecule has 0 aromatic carbocycles. The minimum absolute atomic E-state index is 0. The zero-order chi connectivity index (χ0) is 21.3. The number of likely N-dealkylation sites (N-methyl/N-ethyl adjacent to an activating group) is 1. The number of halogens is 1. The van der Waals surface area contributed by atoms with Crippen LogP contribution in [-0.2, 0) is 16.1 Å². The van der Waals surface area contributed by atoms with Gasteiger partial charge in [0.25, 0.3) is 0 Å². The Morgan fingerprint density at radius 1 is 1.26 bits per heavy atom. The molecule has 31 heavy (non-hydrogen) atoms. The van der Waals surface area contributed by atoms with Crippen molar-refractivity contribution in [1.82, 2.24) is 20.1 Å². The topological polar surface area (TPSA) is 73.3 Å². The Hall–Kier alpha value is -1.62. The molecular weight excluding hydrogens is 507 g/mol. The van der Waals surface area contributed by atoms with Crippen LogP contribution in [0.15, 0.2) is 23.3 Å². The normalized spacial score (nSPS) is 20.2. The Kier molecular flexibility index (Phi) is 10.8. The molecule has 2 fully saturated rings. The molecule has 9 heteroatoms. The minimum atomic E-state index is -0.0948. The number of nitrogens with zero attached hydrogens (tertiary/aromatic N) is 5. The van der Waals surface area contributed by atoms with Crippen LogP contribution in [0.1, 0.15) is 32.3 Å². The van der Waals surface area contributed by atoms with E-state index in [0.29, 0.717) is 19.7 Å². The summed E-state index contributed by atoms with van der Waals surface area (Å²) >= 11 is 0. The number of likely N-dealkylation sites (tertiary alicyclic amines) is 1. The smallest absolute Gasteiger partial charge is 0.310 e. The molecule has 0 saturated carbocycles. The van der Waals surface area contributed by atoms with E-state index in [0.717, 1.165) is 69.5 Å². The van der Waals surface area contributed by atoms with Gasteiger partial charge in [0, 0.05) is 57.6 Å². The molecule has 0 amide bonds. The lowest BCUT2D eigenvalue weighted by molar-refractivity contribution is -0.149. The van der Waals surface area contributed by atoms with Crippen LogP contribution in [0.25, 0.3) is 0 Å². The largest absolute Gasteiger partial charge is 0.466 e. The maximum Gasteiger partial charge on any atom is 0.310 e. The highest BCUT2D eigenvalue weighted by Gasteiger charge is 2.28. The van der Waals surface area contributed by atoms with Crippen molar-refractivity contribution in [2.75, 3.05) is 64.4 Å². The van der Waals surface area contributed by atoms with Crippen LogP contribution in [0, 0.1) is 5.92 Å². The molecule has 3 heterocycles. The molecule has 1 atom stereocenters. The number of aliphatic imine (C=N–C) groups is 1. The van der Waals surface area contributed by atoms with Crippen LogP contribution in [0.3, 0.4) is 0 Å². The van der Waals surface area contributed by atoms with Gasteiger partial charge in [-0.3, -0.25) is 4.79 Å². The number of piperidine rings is 1. The summed E-state index contributed by atoms with van der Waals surface area (Å²) in [5, 5.41) is 3.40. The second kappa shape index (κ2) is 13.0. The van der Waals surface area contributed by atoms with Crippen molar-refractivity contribution in [3.05, 3.63) is 23.9 Å². The van der Waals surface area contributed by atoms with E-state index in [1.54, 1.807) is 0 Å². The molecule has 3 rings (SSSR count). The van der Waals surface area contributed by atoms with E-state index in [4.69, 9.17) is 9.73 Å². The summed E-state index contributed by atoms with van der Waals surface area (Å²) in [6.07, 6.45) is 3.71. The first-order valence-corrected chi connectivity index (χ1v) is 11.2. The first kappa shape index (κ1) is 25.6. The molecule has 0 bridgehead atoms. The van der Waals surface area contributed by atoms with Crippen LogP contribution in [-0.4, -0.2) is 86.2 Å². The van der Waals surface area contributed by atoms with E-state index in [1.807, 2.05) is 19.2 Å². The highest BCUT2D eigenvalue weighted by molar-refractivity contribution is 14.0. The van der Waals surface area contributed by atoms with E-state index >= 15 is 0 Å². The summed E-state index contributed by atoms with van der Waals surface area (Å²) in [5.74, 6) is 1.72. The zero-order valence-electron chi connectivity index (χ0n) is 19.0. The molecule has 8 nitrogen and oxygen atoms in total. The van der Waals surface area contributed by atoms with Crippen LogP contribution in [0.5, 0.6) is 0 Å². The Labute approximate surface area is 203 Å². The van der Waals surface area contributed by atoms with Gasteiger partial charge in [0.05, 0.1) is 19.1 Å². The van der Waals surface area contributed by atoms with Crippen molar-refractivity contribution in [2.24, 2.45) is 10.9 Å². The summed E-state index contributed by atoms with van der Waals surface area (Å²) in [6.45, 7) is 11.3. The highest BCUT2D eigenvalue weighted by atomic mass is 127. The molecule has 0 radical (unpaired) electrons. The predicted molar refractivity (Wildman–Crippen MR) is 135 cm³/mol. The van der Waals surface area contributed by atoms with E-state index < -0.39 is 0 Å². The third-order valence-corrected chi connectivity index (χ3v) is 5.75.